The van der Waals surface area contributed by atoms with Gasteiger partial charge in [-0.1, -0.05) is 43.7 Å². The second kappa shape index (κ2) is 8.11. The van der Waals surface area contributed by atoms with Gasteiger partial charge in [-0.25, -0.2) is 4.79 Å². The summed E-state index contributed by atoms with van der Waals surface area (Å²) >= 11 is 0. The van der Waals surface area contributed by atoms with Crippen molar-refractivity contribution in [3.63, 3.8) is 0 Å². The van der Waals surface area contributed by atoms with Gasteiger partial charge < -0.3 is 10.0 Å². The smallest absolute Gasteiger partial charge is 0.326 e. The lowest BCUT2D eigenvalue weighted by Gasteiger charge is -2.32. The molecule has 1 aromatic rings. The molecule has 2 rings (SSSR count). The summed E-state index contributed by atoms with van der Waals surface area (Å²) in [5, 5.41) is 9.36. The molecule has 0 aromatic heterocycles. The fourth-order valence-corrected chi connectivity index (χ4v) is 3.20. The number of carboxylic acids is 1. The van der Waals surface area contributed by atoms with Crippen LogP contribution in [0.4, 0.5) is 0 Å². The molecule has 2 unspecified atom stereocenters. The van der Waals surface area contributed by atoms with E-state index in [0.29, 0.717) is 13.0 Å². The van der Waals surface area contributed by atoms with Crippen molar-refractivity contribution in [1.82, 2.24) is 9.80 Å². The Morgan fingerprint density at radius 1 is 1.35 bits per heavy atom. The minimum Gasteiger partial charge on any atom is -0.480 e. The van der Waals surface area contributed by atoms with Crippen LogP contribution in [0.3, 0.4) is 0 Å². The van der Waals surface area contributed by atoms with Crippen LogP contribution >= 0.6 is 0 Å². The molecule has 1 N–H and O–H groups in total. The summed E-state index contributed by atoms with van der Waals surface area (Å²) in [6, 6.07) is 8.54. The molecule has 23 heavy (non-hydrogen) atoms. The predicted octanol–water partition coefficient (Wildman–Crippen LogP) is 2.54. The van der Waals surface area contributed by atoms with Crippen molar-refractivity contribution >= 4 is 11.9 Å². The summed E-state index contributed by atoms with van der Waals surface area (Å²) in [6.07, 6.45) is 3.36. The van der Waals surface area contributed by atoms with Crippen LogP contribution in [0.2, 0.25) is 0 Å². The van der Waals surface area contributed by atoms with Crippen molar-refractivity contribution in [2.75, 3.05) is 20.1 Å². The largest absolute Gasteiger partial charge is 0.480 e. The SMILES string of the molecule is CCCCN(C)C(C(=O)N1CCCC1C(=O)O)c1ccccc1. The van der Waals surface area contributed by atoms with Crippen LogP contribution in [0, 0.1) is 0 Å². The number of benzene rings is 1. The highest BCUT2D eigenvalue weighted by molar-refractivity contribution is 5.88. The van der Waals surface area contributed by atoms with Crippen molar-refractivity contribution in [3.8, 4) is 0 Å². The number of unbranched alkanes of at least 4 members (excludes halogenated alkanes) is 1. The molecule has 1 aliphatic heterocycles. The fraction of sp³-hybridized carbons (Fsp3) is 0.556. The van der Waals surface area contributed by atoms with Gasteiger partial charge in [-0.3, -0.25) is 9.69 Å². The number of aliphatic carboxylic acids is 1. The van der Waals surface area contributed by atoms with E-state index in [1.165, 1.54) is 0 Å². The quantitative estimate of drug-likeness (QED) is 0.839. The number of rotatable bonds is 7. The van der Waals surface area contributed by atoms with Gasteiger partial charge in [-0.15, -0.1) is 0 Å². The molecule has 2 atom stereocenters. The molecule has 1 fully saturated rings. The normalized spacial score (nSPS) is 19.1. The van der Waals surface area contributed by atoms with Crippen molar-refractivity contribution in [1.29, 1.82) is 0 Å². The number of nitrogens with zero attached hydrogens (tertiary/aromatic N) is 2. The summed E-state index contributed by atoms with van der Waals surface area (Å²) in [6.45, 7) is 3.46. The molecule has 0 aliphatic carbocycles. The van der Waals surface area contributed by atoms with E-state index in [1.807, 2.05) is 42.3 Å². The highest BCUT2D eigenvalue weighted by Crippen LogP contribution is 2.27. The number of likely N-dealkylation sites (tertiary alicyclic amines) is 1. The molecule has 0 radical (unpaired) electrons. The maximum atomic E-state index is 13.1. The third-order valence-electron chi connectivity index (χ3n) is 4.48. The lowest BCUT2D eigenvalue weighted by molar-refractivity contribution is -0.150. The van der Waals surface area contributed by atoms with Gasteiger partial charge in [-0.2, -0.15) is 0 Å². The van der Waals surface area contributed by atoms with Crippen LogP contribution < -0.4 is 0 Å². The number of carbonyl (C=O) groups excluding carboxylic acids is 1. The van der Waals surface area contributed by atoms with Gasteiger partial charge in [0.25, 0.3) is 0 Å². The topological polar surface area (TPSA) is 60.9 Å². The lowest BCUT2D eigenvalue weighted by Crippen LogP contribution is -2.46. The van der Waals surface area contributed by atoms with Gasteiger partial charge >= 0.3 is 5.97 Å². The molecule has 1 saturated heterocycles. The van der Waals surface area contributed by atoms with E-state index in [9.17, 15) is 14.7 Å². The number of carboxylic acid groups (broad SMARTS) is 1. The molecule has 1 amide bonds. The summed E-state index contributed by atoms with van der Waals surface area (Å²) < 4.78 is 0. The molecule has 1 aromatic carbocycles. The Kier molecular flexibility index (Phi) is 6.16. The number of carbonyl (C=O) groups is 2. The Labute approximate surface area is 137 Å². The maximum Gasteiger partial charge on any atom is 0.326 e. The average molecular weight is 318 g/mol. The van der Waals surface area contributed by atoms with E-state index >= 15 is 0 Å². The maximum absolute atomic E-state index is 13.1. The van der Waals surface area contributed by atoms with E-state index in [-0.39, 0.29) is 5.91 Å². The van der Waals surface area contributed by atoms with Crippen molar-refractivity contribution < 1.29 is 14.7 Å². The van der Waals surface area contributed by atoms with E-state index in [1.54, 1.807) is 4.90 Å². The molecule has 126 valence electrons. The summed E-state index contributed by atoms with van der Waals surface area (Å²) in [7, 11) is 1.94. The zero-order chi connectivity index (χ0) is 16.8. The molecular formula is C18H26N2O3. The summed E-state index contributed by atoms with van der Waals surface area (Å²) in [4.78, 5) is 28.1. The third-order valence-corrected chi connectivity index (χ3v) is 4.48. The molecule has 0 saturated carbocycles. The monoisotopic (exact) mass is 318 g/mol. The van der Waals surface area contributed by atoms with Gasteiger partial charge in [0.2, 0.25) is 5.91 Å². The Hall–Kier alpha value is -1.88. The Morgan fingerprint density at radius 2 is 2.04 bits per heavy atom. The second-order valence-electron chi connectivity index (χ2n) is 6.18. The second-order valence-corrected chi connectivity index (χ2v) is 6.18. The van der Waals surface area contributed by atoms with Gasteiger partial charge in [-0.05, 0) is 38.4 Å². The minimum absolute atomic E-state index is 0.0975. The molecule has 0 spiro atoms. The predicted molar refractivity (Wildman–Crippen MR) is 89.1 cm³/mol. The molecule has 0 bridgehead atoms. The summed E-state index contributed by atoms with van der Waals surface area (Å²) in [5.74, 6) is -1.00. The first kappa shape index (κ1) is 17.5. The highest BCUT2D eigenvalue weighted by atomic mass is 16.4. The Bertz CT molecular complexity index is 532. The van der Waals surface area contributed by atoms with Crippen LogP contribution in [0.5, 0.6) is 0 Å². The minimum atomic E-state index is -0.904. The average Bonchev–Trinajstić information content (AvgIpc) is 3.04. The first-order valence-corrected chi connectivity index (χ1v) is 8.34. The van der Waals surface area contributed by atoms with Crippen LogP contribution in [-0.4, -0.2) is 53.0 Å². The first-order chi connectivity index (χ1) is 11.1. The zero-order valence-electron chi connectivity index (χ0n) is 13.9. The Morgan fingerprint density at radius 3 is 2.65 bits per heavy atom. The molecule has 5 heteroatoms. The standard InChI is InChI=1S/C18H26N2O3/c1-3-4-12-19(2)16(14-9-6-5-7-10-14)17(21)20-13-8-11-15(20)18(22)23/h5-7,9-10,15-16H,3-4,8,11-13H2,1-2H3,(H,22,23). The summed E-state index contributed by atoms with van der Waals surface area (Å²) in [5.41, 5.74) is 0.923. The van der Waals surface area contributed by atoms with Crippen molar-refractivity contribution in [2.24, 2.45) is 0 Å². The van der Waals surface area contributed by atoms with Crippen molar-refractivity contribution in [2.45, 2.75) is 44.7 Å². The number of likely N-dealkylation sites (N-methyl/N-ethyl adjacent to an activating group) is 1. The third kappa shape index (κ3) is 4.10. The number of hydrogen-bond donors (Lipinski definition) is 1. The number of hydrogen-bond acceptors (Lipinski definition) is 3. The number of amides is 1. The lowest BCUT2D eigenvalue weighted by atomic mass is 10.0. The van der Waals surface area contributed by atoms with E-state index in [4.69, 9.17) is 0 Å². The van der Waals surface area contributed by atoms with Crippen LogP contribution in [0.1, 0.15) is 44.2 Å². The molecule has 1 aliphatic rings. The van der Waals surface area contributed by atoms with Gasteiger partial charge in [0.15, 0.2) is 0 Å². The van der Waals surface area contributed by atoms with Crippen LogP contribution in [0.15, 0.2) is 30.3 Å². The Balaban J connectivity index is 2.25. The highest BCUT2D eigenvalue weighted by Gasteiger charge is 2.38. The molecular weight excluding hydrogens is 292 g/mol. The van der Waals surface area contributed by atoms with E-state index < -0.39 is 18.1 Å². The molecule has 5 nitrogen and oxygen atoms in total. The van der Waals surface area contributed by atoms with E-state index in [2.05, 4.69) is 6.92 Å². The first-order valence-electron chi connectivity index (χ1n) is 8.34. The van der Waals surface area contributed by atoms with Crippen molar-refractivity contribution in [3.05, 3.63) is 35.9 Å². The molecule has 1 heterocycles. The van der Waals surface area contributed by atoms with Crippen LogP contribution in [0.25, 0.3) is 0 Å². The van der Waals surface area contributed by atoms with Gasteiger partial charge in [0.1, 0.15) is 12.1 Å². The van der Waals surface area contributed by atoms with E-state index in [0.717, 1.165) is 31.4 Å². The zero-order valence-corrected chi connectivity index (χ0v) is 13.9. The van der Waals surface area contributed by atoms with Gasteiger partial charge in [0, 0.05) is 6.54 Å². The van der Waals surface area contributed by atoms with Crippen LogP contribution in [-0.2, 0) is 9.59 Å². The fourth-order valence-electron chi connectivity index (χ4n) is 3.20. The van der Waals surface area contributed by atoms with Gasteiger partial charge in [0.05, 0.1) is 0 Å².